The number of rotatable bonds is 6. The maximum Gasteiger partial charge on any atom is 0.0396 e. The lowest BCUT2D eigenvalue weighted by Gasteiger charge is -2.13. The molecule has 0 bridgehead atoms. The van der Waals surface area contributed by atoms with Crippen LogP contribution >= 0.6 is 0 Å². The van der Waals surface area contributed by atoms with Gasteiger partial charge in [-0.25, -0.2) is 0 Å². The molecule has 0 aromatic heterocycles. The first-order valence-corrected chi connectivity index (χ1v) is 12.6. The van der Waals surface area contributed by atoms with Gasteiger partial charge in [-0.15, -0.1) is 0 Å². The van der Waals surface area contributed by atoms with Crippen LogP contribution in [-0.2, 0) is 0 Å². The van der Waals surface area contributed by atoms with Crippen LogP contribution in [0.5, 0.6) is 0 Å². The number of hydrogen-bond donors (Lipinski definition) is 1. The lowest BCUT2D eigenvalue weighted by molar-refractivity contribution is 1.52. The summed E-state index contributed by atoms with van der Waals surface area (Å²) in [5.41, 5.74) is 11.8. The Morgan fingerprint density at radius 2 is 0.568 bits per heavy atom. The Morgan fingerprint density at radius 1 is 0.243 bits per heavy atom. The Morgan fingerprint density at radius 3 is 0.973 bits per heavy atom. The van der Waals surface area contributed by atoms with Gasteiger partial charge in [-0.2, -0.15) is 0 Å². The van der Waals surface area contributed by atoms with Crippen LogP contribution in [-0.4, -0.2) is 0 Å². The van der Waals surface area contributed by atoms with E-state index in [1.807, 2.05) is 6.07 Å². The van der Waals surface area contributed by atoms with E-state index in [1.54, 1.807) is 0 Å². The van der Waals surface area contributed by atoms with Crippen LogP contribution in [0.4, 0.5) is 11.4 Å². The average molecular weight is 474 g/mol. The molecule has 6 aromatic rings. The third kappa shape index (κ3) is 5.22. The minimum absolute atomic E-state index is 1.06. The maximum atomic E-state index is 3.63. The largest absolute Gasteiger partial charge is 0.355 e. The Bertz CT molecular complexity index is 1530. The third-order valence-corrected chi connectivity index (χ3v) is 6.65. The molecule has 1 N–H and O–H groups in total. The molecule has 37 heavy (non-hydrogen) atoms. The van der Waals surface area contributed by atoms with Crippen LogP contribution in [0.1, 0.15) is 0 Å². The molecule has 0 saturated heterocycles. The molecule has 6 rings (SSSR count). The van der Waals surface area contributed by atoms with Gasteiger partial charge in [-0.3, -0.25) is 0 Å². The fourth-order valence-electron chi connectivity index (χ4n) is 4.69. The molecule has 0 saturated carbocycles. The van der Waals surface area contributed by atoms with Crippen LogP contribution in [0, 0.1) is 0 Å². The highest BCUT2D eigenvalue weighted by Crippen LogP contribution is 2.32. The molecule has 0 radical (unpaired) electrons. The SMILES string of the molecule is c1ccc(-c2ccc(-c3ccc(Nc4cc(-c5ccccc5)cc(-c5ccccc5)c4)cc3)cc2)cc1. The number of nitrogens with one attached hydrogen (secondary N) is 1. The minimum atomic E-state index is 1.06. The quantitative estimate of drug-likeness (QED) is 0.254. The first-order valence-electron chi connectivity index (χ1n) is 12.6. The number of anilines is 2. The van der Waals surface area contributed by atoms with E-state index >= 15 is 0 Å². The van der Waals surface area contributed by atoms with E-state index in [-0.39, 0.29) is 0 Å². The average Bonchev–Trinajstić information content (AvgIpc) is 2.99. The van der Waals surface area contributed by atoms with Crippen LogP contribution < -0.4 is 5.32 Å². The lowest BCUT2D eigenvalue weighted by Crippen LogP contribution is -1.92. The van der Waals surface area contributed by atoms with Crippen LogP contribution in [0.25, 0.3) is 44.5 Å². The maximum absolute atomic E-state index is 3.63. The molecule has 0 amide bonds. The van der Waals surface area contributed by atoms with Gasteiger partial charge < -0.3 is 5.32 Å². The summed E-state index contributed by atoms with van der Waals surface area (Å²) in [5.74, 6) is 0. The van der Waals surface area contributed by atoms with Crippen molar-refractivity contribution in [1.29, 1.82) is 0 Å². The summed E-state index contributed by atoms with van der Waals surface area (Å²) < 4.78 is 0. The zero-order chi connectivity index (χ0) is 24.9. The van der Waals surface area contributed by atoms with E-state index < -0.39 is 0 Å². The summed E-state index contributed by atoms with van der Waals surface area (Å²) in [4.78, 5) is 0. The summed E-state index contributed by atoms with van der Waals surface area (Å²) >= 11 is 0. The summed E-state index contributed by atoms with van der Waals surface area (Å²) in [6.45, 7) is 0. The van der Waals surface area contributed by atoms with Gasteiger partial charge in [-0.05, 0) is 74.8 Å². The first-order chi connectivity index (χ1) is 18.3. The Balaban J connectivity index is 1.27. The van der Waals surface area contributed by atoms with Gasteiger partial charge in [0.2, 0.25) is 0 Å². The van der Waals surface area contributed by atoms with Crippen molar-refractivity contribution in [3.8, 4) is 44.5 Å². The van der Waals surface area contributed by atoms with Crippen molar-refractivity contribution in [2.45, 2.75) is 0 Å². The van der Waals surface area contributed by atoms with E-state index in [1.165, 1.54) is 44.5 Å². The molecular weight excluding hydrogens is 446 g/mol. The van der Waals surface area contributed by atoms with Crippen molar-refractivity contribution in [1.82, 2.24) is 0 Å². The van der Waals surface area contributed by atoms with Crippen molar-refractivity contribution in [3.63, 3.8) is 0 Å². The van der Waals surface area contributed by atoms with Gasteiger partial charge in [0.05, 0.1) is 0 Å². The number of hydrogen-bond acceptors (Lipinski definition) is 1. The molecule has 0 aliphatic rings. The predicted molar refractivity (Wildman–Crippen MR) is 158 cm³/mol. The summed E-state index contributed by atoms with van der Waals surface area (Å²) in [5, 5.41) is 3.63. The zero-order valence-electron chi connectivity index (χ0n) is 20.5. The third-order valence-electron chi connectivity index (χ3n) is 6.65. The normalized spacial score (nSPS) is 10.7. The molecule has 176 valence electrons. The molecule has 0 unspecified atom stereocenters. The highest BCUT2D eigenvalue weighted by Gasteiger charge is 2.07. The molecule has 6 aromatic carbocycles. The van der Waals surface area contributed by atoms with Gasteiger partial charge in [0, 0.05) is 11.4 Å². The van der Waals surface area contributed by atoms with Crippen molar-refractivity contribution >= 4 is 11.4 Å². The monoisotopic (exact) mass is 473 g/mol. The van der Waals surface area contributed by atoms with Gasteiger partial charge in [0.25, 0.3) is 0 Å². The van der Waals surface area contributed by atoms with Crippen LogP contribution in [0.3, 0.4) is 0 Å². The summed E-state index contributed by atoms with van der Waals surface area (Å²) in [6.07, 6.45) is 0. The molecule has 1 heteroatoms. The van der Waals surface area contributed by atoms with E-state index in [0.29, 0.717) is 0 Å². The lowest BCUT2D eigenvalue weighted by atomic mass is 9.98. The second-order valence-electron chi connectivity index (χ2n) is 9.18. The van der Waals surface area contributed by atoms with Crippen LogP contribution in [0.2, 0.25) is 0 Å². The zero-order valence-corrected chi connectivity index (χ0v) is 20.5. The topological polar surface area (TPSA) is 12.0 Å². The van der Waals surface area contributed by atoms with Crippen LogP contribution in [0.15, 0.2) is 158 Å². The summed E-state index contributed by atoms with van der Waals surface area (Å²) in [6, 6.07) is 55.7. The molecular formula is C36H27N. The smallest absolute Gasteiger partial charge is 0.0396 e. The molecule has 0 spiro atoms. The molecule has 1 nitrogen and oxygen atoms in total. The Hall–Kier alpha value is -4.88. The molecule has 0 aliphatic carbocycles. The van der Waals surface area contributed by atoms with Crippen molar-refractivity contribution in [3.05, 3.63) is 158 Å². The van der Waals surface area contributed by atoms with Gasteiger partial charge in [-0.1, -0.05) is 127 Å². The number of benzene rings is 6. The predicted octanol–water partition coefficient (Wildman–Crippen LogP) is 10.1. The van der Waals surface area contributed by atoms with Crippen molar-refractivity contribution < 1.29 is 0 Å². The molecule has 0 aliphatic heterocycles. The molecule has 0 fully saturated rings. The van der Waals surface area contributed by atoms with E-state index in [0.717, 1.165) is 11.4 Å². The Labute approximate surface area is 218 Å². The highest BCUT2D eigenvalue weighted by molar-refractivity contribution is 5.80. The second-order valence-corrected chi connectivity index (χ2v) is 9.18. The first kappa shape index (κ1) is 22.6. The minimum Gasteiger partial charge on any atom is -0.355 e. The van der Waals surface area contributed by atoms with Gasteiger partial charge in [0.15, 0.2) is 0 Å². The summed E-state index contributed by atoms with van der Waals surface area (Å²) in [7, 11) is 0. The van der Waals surface area contributed by atoms with E-state index in [9.17, 15) is 0 Å². The fraction of sp³-hybridized carbons (Fsp3) is 0. The van der Waals surface area contributed by atoms with Crippen molar-refractivity contribution in [2.75, 3.05) is 5.32 Å². The van der Waals surface area contributed by atoms with Crippen molar-refractivity contribution in [2.24, 2.45) is 0 Å². The second kappa shape index (κ2) is 10.4. The van der Waals surface area contributed by atoms with Gasteiger partial charge in [0.1, 0.15) is 0 Å². The highest BCUT2D eigenvalue weighted by atomic mass is 14.9. The fourth-order valence-corrected chi connectivity index (χ4v) is 4.69. The standard InChI is InChI=1S/C36H27N/c1-4-10-27(11-5-1)30-16-18-31(19-17-30)32-20-22-35(23-21-32)37-36-25-33(28-12-6-2-7-13-28)24-34(26-36)29-14-8-3-9-15-29/h1-26,37H. The van der Waals surface area contributed by atoms with E-state index in [2.05, 4.69) is 157 Å². The Kier molecular flexibility index (Phi) is 6.34. The van der Waals surface area contributed by atoms with E-state index in [4.69, 9.17) is 0 Å². The van der Waals surface area contributed by atoms with Gasteiger partial charge >= 0.3 is 0 Å². The molecule has 0 atom stereocenters. The molecule has 0 heterocycles.